The summed E-state index contributed by atoms with van der Waals surface area (Å²) < 4.78 is 6.05. The van der Waals surface area contributed by atoms with E-state index in [4.69, 9.17) is 4.74 Å². The molecule has 274 valence electrons. The lowest BCUT2D eigenvalue weighted by atomic mass is 9.46. The van der Waals surface area contributed by atoms with Gasteiger partial charge in [0.2, 0.25) is 0 Å². The van der Waals surface area contributed by atoms with Crippen LogP contribution in [-0.4, -0.2) is 17.9 Å². The van der Waals surface area contributed by atoms with E-state index in [9.17, 15) is 9.59 Å². The molecule has 0 aromatic rings. The molecule has 4 aliphatic rings. The van der Waals surface area contributed by atoms with E-state index in [0.717, 1.165) is 49.9 Å². The second-order valence-electron chi connectivity index (χ2n) is 17.9. The molecule has 0 aliphatic heterocycles. The maximum atomic E-state index is 13.9. The van der Waals surface area contributed by atoms with Crippen molar-refractivity contribution in [3.8, 4) is 0 Å². The lowest BCUT2D eigenvalue weighted by molar-refractivity contribution is -0.152. The molecule has 0 aromatic carbocycles. The molecule has 3 nitrogen and oxygen atoms in total. The Hall–Kier alpha value is -1.38. The molecule has 4 aliphatic carbocycles. The van der Waals surface area contributed by atoms with Crippen molar-refractivity contribution >= 4 is 11.8 Å². The molecule has 0 spiro atoms. The SMILES string of the molecule is CCCCCCCC/C=C/CCCCCCCC(=O)O[C@H]1CC[C@@]2(C)C(=CC(=O)[C@H]3[C@@H]4CC[C@H]([C@H](C)CCCC(C)C)[C@@]4(C)CC[C@@H]32)C1. The molecule has 3 fully saturated rings. The third-order valence-corrected chi connectivity index (χ3v) is 14.0. The van der Waals surface area contributed by atoms with Crippen LogP contribution in [-0.2, 0) is 14.3 Å². The van der Waals surface area contributed by atoms with Gasteiger partial charge in [0.1, 0.15) is 6.10 Å². The standard InChI is InChI=1S/C45H76O3/c1-7-8-9-10-11-12-13-14-15-16-17-18-19-20-21-25-42(47)48-37-28-30-44(5)36(32-37)33-41(46)43-39-27-26-38(35(4)24-22-23-34(2)3)45(39,6)31-29-40(43)44/h14-15,33-35,37-40,43H,7-13,16-32H2,1-6H3/b15-14+/t35-,37+,38-,39+,40+,43+,44+,45-/m1/s1. The Morgan fingerprint density at radius 3 is 2.17 bits per heavy atom. The summed E-state index contributed by atoms with van der Waals surface area (Å²) in [6.07, 6.45) is 35.5. The fourth-order valence-corrected chi connectivity index (χ4v) is 11.1. The molecular formula is C45H76O3. The van der Waals surface area contributed by atoms with E-state index in [1.807, 2.05) is 0 Å². The van der Waals surface area contributed by atoms with Gasteiger partial charge in [0.15, 0.2) is 5.78 Å². The summed E-state index contributed by atoms with van der Waals surface area (Å²) in [5.41, 5.74) is 1.69. The van der Waals surface area contributed by atoms with Gasteiger partial charge in [-0.2, -0.15) is 0 Å². The normalized spacial score (nSPS) is 32.2. The number of ketones is 1. The zero-order valence-electron chi connectivity index (χ0n) is 32.5. The van der Waals surface area contributed by atoms with E-state index < -0.39 is 0 Å². The number of fused-ring (bicyclic) bond motifs is 5. The van der Waals surface area contributed by atoms with Crippen LogP contribution in [0.1, 0.15) is 196 Å². The van der Waals surface area contributed by atoms with Crippen molar-refractivity contribution < 1.29 is 14.3 Å². The van der Waals surface area contributed by atoms with Crippen molar-refractivity contribution in [2.45, 2.75) is 202 Å². The number of allylic oxidation sites excluding steroid dienone is 3. The second-order valence-corrected chi connectivity index (χ2v) is 17.9. The zero-order valence-corrected chi connectivity index (χ0v) is 32.5. The van der Waals surface area contributed by atoms with Gasteiger partial charge in [-0.3, -0.25) is 9.59 Å². The van der Waals surface area contributed by atoms with Gasteiger partial charge in [0.25, 0.3) is 0 Å². The van der Waals surface area contributed by atoms with E-state index in [-0.39, 0.29) is 23.4 Å². The van der Waals surface area contributed by atoms with Gasteiger partial charge in [-0.25, -0.2) is 0 Å². The highest BCUT2D eigenvalue weighted by atomic mass is 16.5. The summed E-state index contributed by atoms with van der Waals surface area (Å²) in [6, 6.07) is 0. The van der Waals surface area contributed by atoms with Crippen LogP contribution in [0.3, 0.4) is 0 Å². The number of ether oxygens (including phenoxy) is 1. The number of hydrogen-bond acceptors (Lipinski definition) is 3. The van der Waals surface area contributed by atoms with Crippen LogP contribution in [0.4, 0.5) is 0 Å². The van der Waals surface area contributed by atoms with Crippen LogP contribution in [0.25, 0.3) is 0 Å². The van der Waals surface area contributed by atoms with E-state index in [2.05, 4.69) is 59.8 Å². The highest BCUT2D eigenvalue weighted by Gasteiger charge is 2.61. The Morgan fingerprint density at radius 1 is 0.812 bits per heavy atom. The molecule has 8 atom stereocenters. The third-order valence-electron chi connectivity index (χ3n) is 14.0. The van der Waals surface area contributed by atoms with Crippen LogP contribution in [0.5, 0.6) is 0 Å². The molecular weight excluding hydrogens is 588 g/mol. The summed E-state index contributed by atoms with van der Waals surface area (Å²) in [4.78, 5) is 26.7. The van der Waals surface area contributed by atoms with Gasteiger partial charge in [-0.05, 0) is 117 Å². The van der Waals surface area contributed by atoms with E-state index in [0.29, 0.717) is 29.5 Å². The molecule has 48 heavy (non-hydrogen) atoms. The summed E-state index contributed by atoms with van der Waals surface area (Å²) in [6.45, 7) is 14.5. The van der Waals surface area contributed by atoms with Crippen molar-refractivity contribution in [3.05, 3.63) is 23.8 Å². The largest absolute Gasteiger partial charge is 0.462 e. The lowest BCUT2D eigenvalue weighted by Crippen LogP contribution is -2.53. The average Bonchev–Trinajstić information content (AvgIpc) is 3.40. The summed E-state index contributed by atoms with van der Waals surface area (Å²) in [5.74, 6) is 3.88. The second kappa shape index (κ2) is 19.3. The first-order valence-electron chi connectivity index (χ1n) is 21.2. The molecule has 0 unspecified atom stereocenters. The topological polar surface area (TPSA) is 43.4 Å². The Morgan fingerprint density at radius 2 is 1.48 bits per heavy atom. The van der Waals surface area contributed by atoms with Gasteiger partial charge in [0.05, 0.1) is 0 Å². The fourth-order valence-electron chi connectivity index (χ4n) is 11.1. The number of esters is 1. The Balaban J connectivity index is 1.15. The molecule has 0 aromatic heterocycles. The number of carbonyl (C=O) groups excluding carboxylic acids is 2. The number of hydrogen-bond donors (Lipinski definition) is 0. The molecule has 4 rings (SSSR count). The Kier molecular flexibility index (Phi) is 15.8. The monoisotopic (exact) mass is 665 g/mol. The number of rotatable bonds is 21. The van der Waals surface area contributed by atoms with Crippen molar-refractivity contribution in [1.29, 1.82) is 0 Å². The van der Waals surface area contributed by atoms with Crippen molar-refractivity contribution in [2.75, 3.05) is 0 Å². The molecule has 3 heteroatoms. The minimum absolute atomic E-state index is 0.0326. The zero-order chi connectivity index (χ0) is 34.6. The van der Waals surface area contributed by atoms with Crippen LogP contribution in [0.2, 0.25) is 0 Å². The van der Waals surface area contributed by atoms with Crippen LogP contribution < -0.4 is 0 Å². The van der Waals surface area contributed by atoms with Crippen molar-refractivity contribution in [2.24, 2.45) is 46.3 Å². The predicted octanol–water partition coefficient (Wildman–Crippen LogP) is 13.2. The highest BCUT2D eigenvalue weighted by Crippen LogP contribution is 2.66. The van der Waals surface area contributed by atoms with Crippen molar-refractivity contribution in [1.82, 2.24) is 0 Å². The molecule has 0 saturated heterocycles. The highest BCUT2D eigenvalue weighted by molar-refractivity contribution is 5.94. The van der Waals surface area contributed by atoms with E-state index in [1.54, 1.807) is 0 Å². The molecule has 0 radical (unpaired) electrons. The Bertz CT molecular complexity index is 1050. The maximum Gasteiger partial charge on any atom is 0.306 e. The molecule has 0 N–H and O–H groups in total. The summed E-state index contributed by atoms with van der Waals surface area (Å²) >= 11 is 0. The molecule has 0 amide bonds. The van der Waals surface area contributed by atoms with Crippen molar-refractivity contribution in [3.63, 3.8) is 0 Å². The fraction of sp³-hybridized carbons (Fsp3) is 0.867. The van der Waals surface area contributed by atoms with E-state index >= 15 is 0 Å². The quantitative estimate of drug-likeness (QED) is 0.0697. The smallest absolute Gasteiger partial charge is 0.306 e. The maximum absolute atomic E-state index is 13.9. The number of unbranched alkanes of at least 4 members (excludes halogenated alkanes) is 11. The first-order valence-corrected chi connectivity index (χ1v) is 21.2. The minimum atomic E-state index is -0.0549. The van der Waals surface area contributed by atoms with Gasteiger partial charge >= 0.3 is 5.97 Å². The van der Waals surface area contributed by atoms with Gasteiger partial charge in [-0.15, -0.1) is 0 Å². The molecule has 0 bridgehead atoms. The average molecular weight is 665 g/mol. The van der Waals surface area contributed by atoms with Gasteiger partial charge in [0, 0.05) is 18.8 Å². The van der Waals surface area contributed by atoms with E-state index in [1.165, 1.54) is 121 Å². The third kappa shape index (κ3) is 10.3. The summed E-state index contributed by atoms with van der Waals surface area (Å²) in [7, 11) is 0. The number of carbonyl (C=O) groups is 2. The van der Waals surface area contributed by atoms with Crippen LogP contribution in [0.15, 0.2) is 23.8 Å². The summed E-state index contributed by atoms with van der Waals surface area (Å²) in [5, 5.41) is 0. The Labute approximate surface area is 297 Å². The predicted molar refractivity (Wildman–Crippen MR) is 203 cm³/mol. The van der Waals surface area contributed by atoms with Gasteiger partial charge in [-0.1, -0.05) is 130 Å². The molecule has 0 heterocycles. The first-order chi connectivity index (χ1) is 23.1. The first kappa shape index (κ1) is 39.4. The van der Waals surface area contributed by atoms with Crippen LogP contribution >= 0.6 is 0 Å². The minimum Gasteiger partial charge on any atom is -0.462 e. The van der Waals surface area contributed by atoms with Gasteiger partial charge < -0.3 is 4.74 Å². The van der Waals surface area contributed by atoms with Crippen LogP contribution in [0, 0.1) is 46.3 Å². The molecule has 3 saturated carbocycles. The lowest BCUT2D eigenvalue weighted by Gasteiger charge is -2.57.